The minimum absolute atomic E-state index is 0.147. The summed E-state index contributed by atoms with van der Waals surface area (Å²) in [6.45, 7) is 3.37. The predicted molar refractivity (Wildman–Crippen MR) is 29.3 cm³/mol. The normalized spacial score (nSPS) is 10.5. The molecule has 0 saturated carbocycles. The van der Waals surface area contributed by atoms with E-state index in [-0.39, 0.29) is 19.8 Å². The van der Waals surface area contributed by atoms with Crippen LogP contribution in [0.15, 0.2) is 0 Å². The molecule has 0 aromatic heterocycles. The lowest BCUT2D eigenvalue weighted by molar-refractivity contribution is -0.00784. The Morgan fingerprint density at radius 3 is 2.00 bits per heavy atom. The van der Waals surface area contributed by atoms with Gasteiger partial charge in [-0.15, -0.1) is 0 Å². The van der Waals surface area contributed by atoms with E-state index in [4.69, 9.17) is 14.9 Å². The van der Waals surface area contributed by atoms with Crippen molar-refractivity contribution in [3.63, 3.8) is 0 Å². The van der Waals surface area contributed by atoms with Crippen molar-refractivity contribution in [1.82, 2.24) is 0 Å². The van der Waals surface area contributed by atoms with E-state index in [1.165, 1.54) is 0 Å². The quantitative estimate of drug-likeness (QED) is 0.509. The minimum atomic E-state index is -0.451. The van der Waals surface area contributed by atoms with Gasteiger partial charge in [0.1, 0.15) is 6.10 Å². The third-order valence-electron chi connectivity index (χ3n) is 0.761. The Balaban J connectivity index is 3.07. The molecular formula is C5H11O3. The Hall–Kier alpha value is -0.120. The zero-order valence-electron chi connectivity index (χ0n) is 4.71. The highest BCUT2D eigenvalue weighted by atomic mass is 16.5. The molecule has 2 N–H and O–H groups in total. The minimum Gasteiger partial charge on any atom is -0.394 e. The first-order chi connectivity index (χ1) is 3.85. The second-order valence-electron chi connectivity index (χ2n) is 1.36. The Kier molecular flexibility index (Phi) is 4.95. The summed E-state index contributed by atoms with van der Waals surface area (Å²) >= 11 is 0. The van der Waals surface area contributed by atoms with Crippen LogP contribution in [0.3, 0.4) is 0 Å². The molecular weight excluding hydrogens is 108 g/mol. The molecule has 0 aliphatic heterocycles. The Morgan fingerprint density at radius 1 is 1.38 bits per heavy atom. The molecule has 1 radical (unpaired) electrons. The van der Waals surface area contributed by atoms with Gasteiger partial charge >= 0.3 is 0 Å². The highest BCUT2D eigenvalue weighted by Gasteiger charge is 2.01. The van der Waals surface area contributed by atoms with Gasteiger partial charge in [0.05, 0.1) is 13.2 Å². The SMILES string of the molecule is [CH2]COC(CO)CO. The third kappa shape index (κ3) is 2.96. The average Bonchev–Trinajstić information content (AvgIpc) is 1.83. The van der Waals surface area contributed by atoms with E-state index >= 15 is 0 Å². The summed E-state index contributed by atoms with van der Waals surface area (Å²) in [6.07, 6.45) is -0.451. The van der Waals surface area contributed by atoms with Crippen LogP contribution in [-0.4, -0.2) is 36.1 Å². The van der Waals surface area contributed by atoms with E-state index in [9.17, 15) is 0 Å². The van der Waals surface area contributed by atoms with Gasteiger partial charge in [-0.25, -0.2) is 0 Å². The first kappa shape index (κ1) is 7.88. The largest absolute Gasteiger partial charge is 0.394 e. The van der Waals surface area contributed by atoms with Gasteiger partial charge in [0.15, 0.2) is 0 Å². The van der Waals surface area contributed by atoms with Crippen molar-refractivity contribution >= 4 is 0 Å². The molecule has 49 valence electrons. The van der Waals surface area contributed by atoms with Crippen LogP contribution in [-0.2, 0) is 4.74 Å². The zero-order chi connectivity index (χ0) is 6.41. The molecule has 0 spiro atoms. The van der Waals surface area contributed by atoms with E-state index in [0.29, 0.717) is 0 Å². The number of ether oxygens (including phenoxy) is 1. The number of aliphatic hydroxyl groups is 2. The van der Waals surface area contributed by atoms with Gasteiger partial charge in [-0.05, 0) is 6.92 Å². The lowest BCUT2D eigenvalue weighted by atomic mass is 10.4. The van der Waals surface area contributed by atoms with Gasteiger partial charge in [0.25, 0.3) is 0 Å². The standard InChI is InChI=1S/C5H11O3/c1-2-8-5(3-6)4-7/h5-7H,1-4H2. The molecule has 0 unspecified atom stereocenters. The molecule has 0 saturated heterocycles. The maximum absolute atomic E-state index is 8.34. The van der Waals surface area contributed by atoms with Gasteiger partial charge in [-0.3, -0.25) is 0 Å². The summed E-state index contributed by atoms with van der Waals surface area (Å²) in [5, 5.41) is 16.7. The van der Waals surface area contributed by atoms with Crippen LogP contribution in [0, 0.1) is 6.92 Å². The molecule has 0 amide bonds. The summed E-state index contributed by atoms with van der Waals surface area (Å²) < 4.78 is 4.73. The summed E-state index contributed by atoms with van der Waals surface area (Å²) in [4.78, 5) is 0. The van der Waals surface area contributed by atoms with Crippen molar-refractivity contribution in [2.24, 2.45) is 0 Å². The van der Waals surface area contributed by atoms with Gasteiger partial charge in [-0.1, -0.05) is 0 Å². The van der Waals surface area contributed by atoms with Gasteiger partial charge in [0, 0.05) is 6.61 Å². The summed E-state index contributed by atoms with van der Waals surface area (Å²) in [5.74, 6) is 0. The Bertz CT molecular complexity index is 42.9. The first-order valence-electron chi connectivity index (χ1n) is 2.47. The van der Waals surface area contributed by atoms with Crippen molar-refractivity contribution in [2.45, 2.75) is 6.10 Å². The van der Waals surface area contributed by atoms with E-state index in [1.807, 2.05) is 0 Å². The van der Waals surface area contributed by atoms with Crippen LogP contribution in [0.5, 0.6) is 0 Å². The molecule has 8 heavy (non-hydrogen) atoms. The van der Waals surface area contributed by atoms with E-state index in [2.05, 4.69) is 6.92 Å². The summed E-state index contributed by atoms with van der Waals surface area (Å²) in [6, 6.07) is 0. The molecule has 0 aliphatic rings. The van der Waals surface area contributed by atoms with Crippen molar-refractivity contribution in [3.8, 4) is 0 Å². The molecule has 0 aromatic rings. The second kappa shape index (κ2) is 5.03. The van der Waals surface area contributed by atoms with Crippen LogP contribution in [0.4, 0.5) is 0 Å². The first-order valence-corrected chi connectivity index (χ1v) is 2.47. The molecule has 3 heteroatoms. The van der Waals surface area contributed by atoms with E-state index < -0.39 is 6.10 Å². The maximum Gasteiger partial charge on any atom is 0.104 e. The fourth-order valence-corrected chi connectivity index (χ4v) is 0.330. The van der Waals surface area contributed by atoms with Crippen molar-refractivity contribution in [3.05, 3.63) is 6.92 Å². The molecule has 0 aromatic carbocycles. The molecule has 0 aliphatic carbocycles. The van der Waals surface area contributed by atoms with Gasteiger partial charge < -0.3 is 14.9 Å². The highest BCUT2D eigenvalue weighted by Crippen LogP contribution is 1.86. The number of hydrogen-bond donors (Lipinski definition) is 2. The van der Waals surface area contributed by atoms with Crippen LogP contribution in [0.1, 0.15) is 0 Å². The van der Waals surface area contributed by atoms with Gasteiger partial charge in [0.2, 0.25) is 0 Å². The van der Waals surface area contributed by atoms with Crippen molar-refractivity contribution in [1.29, 1.82) is 0 Å². The average molecular weight is 119 g/mol. The molecule has 0 atom stereocenters. The molecule has 0 bridgehead atoms. The monoisotopic (exact) mass is 119 g/mol. The van der Waals surface area contributed by atoms with Crippen molar-refractivity contribution < 1.29 is 14.9 Å². The van der Waals surface area contributed by atoms with Crippen LogP contribution in [0.25, 0.3) is 0 Å². The Morgan fingerprint density at radius 2 is 1.88 bits per heavy atom. The summed E-state index contributed by atoms with van der Waals surface area (Å²) in [7, 11) is 0. The van der Waals surface area contributed by atoms with E-state index in [1.54, 1.807) is 0 Å². The van der Waals surface area contributed by atoms with Crippen molar-refractivity contribution in [2.75, 3.05) is 19.8 Å². The fourth-order valence-electron chi connectivity index (χ4n) is 0.330. The topological polar surface area (TPSA) is 49.7 Å². The van der Waals surface area contributed by atoms with Crippen LogP contribution < -0.4 is 0 Å². The molecule has 0 fully saturated rings. The lowest BCUT2D eigenvalue weighted by Gasteiger charge is -2.08. The summed E-state index contributed by atoms with van der Waals surface area (Å²) in [5.41, 5.74) is 0. The number of aliphatic hydroxyl groups excluding tert-OH is 2. The second-order valence-corrected chi connectivity index (χ2v) is 1.36. The predicted octanol–water partition coefficient (Wildman–Crippen LogP) is -0.810. The Labute approximate surface area is 48.9 Å². The maximum atomic E-state index is 8.34. The van der Waals surface area contributed by atoms with Crippen LogP contribution in [0.2, 0.25) is 0 Å². The number of hydrogen-bond acceptors (Lipinski definition) is 3. The molecule has 0 rings (SSSR count). The third-order valence-corrected chi connectivity index (χ3v) is 0.761. The van der Waals surface area contributed by atoms with Gasteiger partial charge in [-0.2, -0.15) is 0 Å². The highest BCUT2D eigenvalue weighted by molar-refractivity contribution is 4.51. The smallest absolute Gasteiger partial charge is 0.104 e. The lowest BCUT2D eigenvalue weighted by Crippen LogP contribution is -2.21. The number of rotatable bonds is 4. The molecule has 3 nitrogen and oxygen atoms in total. The van der Waals surface area contributed by atoms with E-state index in [0.717, 1.165) is 0 Å². The molecule has 0 heterocycles. The van der Waals surface area contributed by atoms with Crippen LogP contribution >= 0.6 is 0 Å². The fraction of sp³-hybridized carbons (Fsp3) is 0.800. The zero-order valence-corrected chi connectivity index (χ0v) is 4.71.